The van der Waals surface area contributed by atoms with E-state index in [1.807, 2.05) is 6.07 Å². The maximum Gasteiger partial charge on any atom is 0.269 e. The number of anilines is 1. The summed E-state index contributed by atoms with van der Waals surface area (Å²) in [7, 11) is 0. The molecule has 0 aromatic heterocycles. The summed E-state index contributed by atoms with van der Waals surface area (Å²) in [4.78, 5) is 22.8. The number of amides is 1. The maximum atomic E-state index is 12.4. The summed E-state index contributed by atoms with van der Waals surface area (Å²) >= 11 is 2.07. The lowest BCUT2D eigenvalue weighted by Crippen LogP contribution is -2.13. The largest absolute Gasteiger partial charge is 0.508 e. The van der Waals surface area contributed by atoms with Crippen molar-refractivity contribution in [1.82, 2.24) is 0 Å². The number of nitro groups is 1. The number of nitro benzene ring substituents is 1. The Morgan fingerprint density at radius 3 is 2.59 bits per heavy atom. The van der Waals surface area contributed by atoms with Gasteiger partial charge in [-0.3, -0.25) is 14.9 Å². The van der Waals surface area contributed by atoms with Crippen LogP contribution in [0, 0.1) is 25.0 Å². The summed E-state index contributed by atoms with van der Waals surface area (Å²) in [5, 5.41) is 32.2. The molecular formula is C23H16IN3O5. The van der Waals surface area contributed by atoms with Crippen molar-refractivity contribution < 1.29 is 19.6 Å². The monoisotopic (exact) mass is 541 g/mol. The Bertz CT molecular complexity index is 1230. The summed E-state index contributed by atoms with van der Waals surface area (Å²) in [6, 6.07) is 19.2. The zero-order valence-corrected chi connectivity index (χ0v) is 18.6. The van der Waals surface area contributed by atoms with Gasteiger partial charge in [0.05, 0.1) is 8.49 Å². The van der Waals surface area contributed by atoms with Crippen LogP contribution in [0.2, 0.25) is 0 Å². The molecular weight excluding hydrogens is 525 g/mol. The van der Waals surface area contributed by atoms with Crippen LogP contribution in [0.1, 0.15) is 11.1 Å². The van der Waals surface area contributed by atoms with Gasteiger partial charge >= 0.3 is 0 Å². The molecule has 0 radical (unpaired) electrons. The SMILES string of the molecule is N#C/C(=C\c1ccc(OCc2cccc([N+](=O)[O-])c2)c(I)c1)C(=O)Nc1ccc(O)cc1. The van der Waals surface area contributed by atoms with Gasteiger partial charge in [0.25, 0.3) is 11.6 Å². The second-order valence-corrected chi connectivity index (χ2v) is 7.74. The molecule has 2 N–H and O–H groups in total. The number of nitrogens with zero attached hydrogens (tertiary/aromatic N) is 2. The number of ether oxygens (including phenoxy) is 1. The number of phenols is 1. The van der Waals surface area contributed by atoms with Crippen molar-refractivity contribution in [2.75, 3.05) is 5.32 Å². The lowest BCUT2D eigenvalue weighted by molar-refractivity contribution is -0.384. The van der Waals surface area contributed by atoms with Crippen molar-refractivity contribution in [1.29, 1.82) is 5.26 Å². The number of hydrogen-bond acceptors (Lipinski definition) is 6. The minimum Gasteiger partial charge on any atom is -0.508 e. The van der Waals surface area contributed by atoms with Crippen LogP contribution in [0.15, 0.2) is 72.3 Å². The number of nitriles is 1. The minimum absolute atomic E-state index is 0.00380. The van der Waals surface area contributed by atoms with Crippen LogP contribution in [-0.4, -0.2) is 15.9 Å². The van der Waals surface area contributed by atoms with Gasteiger partial charge in [-0.2, -0.15) is 5.26 Å². The number of carbonyl (C=O) groups excluding carboxylic acids is 1. The molecule has 0 atom stereocenters. The van der Waals surface area contributed by atoms with E-state index >= 15 is 0 Å². The standard InChI is InChI=1S/C23H16IN3O5/c24-21-12-15(10-17(13-25)23(29)26-18-5-7-20(28)8-6-18)4-9-22(21)32-14-16-2-1-3-19(11-16)27(30)31/h1-12,28H,14H2,(H,26,29)/b17-10+. The van der Waals surface area contributed by atoms with Gasteiger partial charge in [0.1, 0.15) is 29.7 Å². The molecule has 1 amide bonds. The first kappa shape index (κ1) is 22.8. The Labute approximate surface area is 197 Å². The Kier molecular flexibility index (Phi) is 7.41. The average Bonchev–Trinajstić information content (AvgIpc) is 2.78. The van der Waals surface area contributed by atoms with Crippen LogP contribution in [0.4, 0.5) is 11.4 Å². The quantitative estimate of drug-likeness (QED) is 0.108. The highest BCUT2D eigenvalue weighted by Gasteiger charge is 2.11. The number of hydrogen-bond donors (Lipinski definition) is 2. The average molecular weight is 541 g/mol. The van der Waals surface area contributed by atoms with E-state index < -0.39 is 10.8 Å². The highest BCUT2D eigenvalue weighted by Crippen LogP contribution is 2.25. The van der Waals surface area contributed by atoms with Crippen molar-refractivity contribution >= 4 is 45.9 Å². The smallest absolute Gasteiger partial charge is 0.269 e. The highest BCUT2D eigenvalue weighted by molar-refractivity contribution is 14.1. The van der Waals surface area contributed by atoms with Gasteiger partial charge in [0.2, 0.25) is 0 Å². The Morgan fingerprint density at radius 2 is 1.94 bits per heavy atom. The molecule has 0 aliphatic carbocycles. The summed E-state index contributed by atoms with van der Waals surface area (Å²) in [5.41, 5.74) is 1.66. The van der Waals surface area contributed by atoms with Crippen LogP contribution >= 0.6 is 22.6 Å². The van der Waals surface area contributed by atoms with E-state index in [1.165, 1.54) is 42.5 Å². The van der Waals surface area contributed by atoms with E-state index in [0.29, 0.717) is 22.6 Å². The fourth-order valence-electron chi connectivity index (χ4n) is 2.70. The summed E-state index contributed by atoms with van der Waals surface area (Å²) < 4.78 is 6.51. The molecule has 160 valence electrons. The maximum absolute atomic E-state index is 12.4. The third-order valence-corrected chi connectivity index (χ3v) is 5.12. The lowest BCUT2D eigenvalue weighted by Gasteiger charge is -2.09. The van der Waals surface area contributed by atoms with Crippen molar-refractivity contribution in [2.45, 2.75) is 6.61 Å². The molecule has 0 fully saturated rings. The summed E-state index contributed by atoms with van der Waals surface area (Å²) in [6.07, 6.45) is 1.46. The van der Waals surface area contributed by atoms with Gasteiger partial charge in [-0.25, -0.2) is 0 Å². The summed E-state index contributed by atoms with van der Waals surface area (Å²) in [6.45, 7) is 0.158. The van der Waals surface area contributed by atoms with Gasteiger partial charge < -0.3 is 15.2 Å². The number of non-ortho nitro benzene ring substituents is 1. The van der Waals surface area contributed by atoms with E-state index in [9.17, 15) is 25.3 Å². The molecule has 0 saturated heterocycles. The molecule has 3 rings (SSSR count). The van der Waals surface area contributed by atoms with Crippen molar-refractivity contribution in [3.05, 3.63) is 97.1 Å². The molecule has 0 aliphatic rings. The first-order valence-corrected chi connectivity index (χ1v) is 10.3. The molecule has 8 nitrogen and oxygen atoms in total. The predicted octanol–water partition coefficient (Wildman–Crippen LogP) is 5.03. The van der Waals surface area contributed by atoms with Gasteiger partial charge in [0, 0.05) is 17.8 Å². The lowest BCUT2D eigenvalue weighted by atomic mass is 10.1. The number of halogens is 1. The number of aromatic hydroxyl groups is 1. The molecule has 3 aromatic carbocycles. The predicted molar refractivity (Wildman–Crippen MR) is 127 cm³/mol. The molecule has 3 aromatic rings. The molecule has 0 bridgehead atoms. The van der Waals surface area contributed by atoms with Crippen LogP contribution < -0.4 is 10.1 Å². The van der Waals surface area contributed by atoms with E-state index in [4.69, 9.17) is 4.74 Å². The Morgan fingerprint density at radius 1 is 1.19 bits per heavy atom. The number of benzene rings is 3. The van der Waals surface area contributed by atoms with Crippen LogP contribution in [0.3, 0.4) is 0 Å². The van der Waals surface area contributed by atoms with Crippen molar-refractivity contribution in [3.63, 3.8) is 0 Å². The molecule has 0 unspecified atom stereocenters. The van der Waals surface area contributed by atoms with Crippen LogP contribution in [0.5, 0.6) is 11.5 Å². The fourth-order valence-corrected chi connectivity index (χ4v) is 3.40. The third-order valence-electron chi connectivity index (χ3n) is 4.27. The zero-order valence-electron chi connectivity index (χ0n) is 16.5. The number of phenolic OH excluding ortho intramolecular Hbond substituents is 1. The third kappa shape index (κ3) is 6.05. The van der Waals surface area contributed by atoms with E-state index in [2.05, 4.69) is 27.9 Å². The minimum atomic E-state index is -0.570. The number of nitrogens with one attached hydrogen (secondary N) is 1. The van der Waals surface area contributed by atoms with E-state index in [1.54, 1.807) is 30.3 Å². The number of carbonyl (C=O) groups is 1. The van der Waals surface area contributed by atoms with Crippen LogP contribution in [-0.2, 0) is 11.4 Å². The molecule has 0 saturated carbocycles. The fraction of sp³-hybridized carbons (Fsp3) is 0.0435. The Balaban J connectivity index is 1.70. The second-order valence-electron chi connectivity index (χ2n) is 6.58. The molecule has 9 heteroatoms. The van der Waals surface area contributed by atoms with Gasteiger partial charge in [0.15, 0.2) is 0 Å². The van der Waals surface area contributed by atoms with Gasteiger partial charge in [-0.05, 0) is 76.2 Å². The zero-order chi connectivity index (χ0) is 23.1. The topological polar surface area (TPSA) is 125 Å². The second kappa shape index (κ2) is 10.4. The van der Waals surface area contributed by atoms with Crippen molar-refractivity contribution in [3.8, 4) is 17.6 Å². The normalized spacial score (nSPS) is 10.8. The number of rotatable bonds is 7. The first-order chi connectivity index (χ1) is 15.4. The Hall–Kier alpha value is -3.91. The highest BCUT2D eigenvalue weighted by atomic mass is 127. The summed E-state index contributed by atoms with van der Waals surface area (Å²) in [5.74, 6) is 0.0712. The van der Waals surface area contributed by atoms with Gasteiger partial charge in [-0.1, -0.05) is 18.2 Å². The molecule has 0 aliphatic heterocycles. The first-order valence-electron chi connectivity index (χ1n) is 9.23. The van der Waals surface area contributed by atoms with Crippen molar-refractivity contribution in [2.24, 2.45) is 0 Å². The van der Waals surface area contributed by atoms with E-state index in [0.717, 1.165) is 3.57 Å². The van der Waals surface area contributed by atoms with Crippen LogP contribution in [0.25, 0.3) is 6.08 Å². The molecule has 32 heavy (non-hydrogen) atoms. The molecule has 0 spiro atoms. The van der Waals surface area contributed by atoms with E-state index in [-0.39, 0.29) is 23.6 Å². The molecule has 0 heterocycles. The van der Waals surface area contributed by atoms with Gasteiger partial charge in [-0.15, -0.1) is 0 Å².